The number of aryl methyl sites for hydroxylation is 2. The van der Waals surface area contributed by atoms with Crippen molar-refractivity contribution in [2.24, 2.45) is 11.1 Å². The first kappa shape index (κ1) is 17.9. The molecule has 1 saturated heterocycles. The number of nitrogens with one attached hydrogen (secondary N) is 1. The van der Waals surface area contributed by atoms with Crippen molar-refractivity contribution in [2.75, 3.05) is 0 Å². The van der Waals surface area contributed by atoms with Crippen molar-refractivity contribution in [1.29, 1.82) is 0 Å². The number of nitrogens with zero attached hydrogens (tertiary/aromatic N) is 1. The van der Waals surface area contributed by atoms with E-state index in [2.05, 4.69) is 67.7 Å². The molecule has 5 rings (SSSR count). The Morgan fingerprint density at radius 1 is 1.00 bits per heavy atom. The Bertz CT molecular complexity index is 910. The first-order valence-corrected chi connectivity index (χ1v) is 10.5. The molecule has 146 valence electrons. The van der Waals surface area contributed by atoms with Gasteiger partial charge in [-0.15, -0.1) is 0 Å². The Hall–Kier alpha value is -2.17. The lowest BCUT2D eigenvalue weighted by molar-refractivity contribution is -0.139. The molecule has 3 aliphatic rings. The van der Waals surface area contributed by atoms with Crippen LogP contribution in [-0.2, 0) is 29.6 Å². The van der Waals surface area contributed by atoms with Gasteiger partial charge in [0.1, 0.15) is 11.8 Å². The zero-order valence-electron chi connectivity index (χ0n) is 16.7. The van der Waals surface area contributed by atoms with Crippen LogP contribution in [0.2, 0.25) is 0 Å². The third-order valence-corrected chi connectivity index (χ3v) is 7.39. The average molecular weight is 376 g/mol. The summed E-state index contributed by atoms with van der Waals surface area (Å²) in [7, 11) is 0. The van der Waals surface area contributed by atoms with E-state index in [9.17, 15) is 4.79 Å². The molecule has 0 aromatic heterocycles. The molecule has 0 radical (unpaired) electrons. The van der Waals surface area contributed by atoms with Gasteiger partial charge < -0.3 is 4.90 Å². The van der Waals surface area contributed by atoms with Crippen LogP contribution in [0.4, 0.5) is 0 Å². The van der Waals surface area contributed by atoms with Gasteiger partial charge in [-0.2, -0.15) is 0 Å². The lowest BCUT2D eigenvalue weighted by atomic mass is 9.65. The predicted molar refractivity (Wildman–Crippen MR) is 110 cm³/mol. The fraction of sp³-hybridized carbons (Fsp3) is 0.458. The quantitative estimate of drug-likeness (QED) is 0.805. The highest BCUT2D eigenvalue weighted by Gasteiger charge is 2.66. The van der Waals surface area contributed by atoms with Crippen LogP contribution in [0, 0.1) is 5.41 Å². The van der Waals surface area contributed by atoms with Crippen LogP contribution in [0.3, 0.4) is 0 Å². The van der Waals surface area contributed by atoms with Crippen molar-refractivity contribution < 1.29 is 4.79 Å². The molecule has 3 N–H and O–H groups in total. The molecule has 1 heterocycles. The maximum atomic E-state index is 14.0. The molecular weight excluding hydrogens is 346 g/mol. The van der Waals surface area contributed by atoms with Crippen LogP contribution >= 0.6 is 0 Å². The number of rotatable bonds is 1. The number of benzene rings is 2. The average Bonchev–Trinajstić information content (AvgIpc) is 3.02. The predicted octanol–water partition coefficient (Wildman–Crippen LogP) is 3.09. The molecule has 2 spiro atoms. The molecule has 4 heteroatoms. The lowest BCUT2D eigenvalue weighted by Crippen LogP contribution is -2.56. The largest absolute Gasteiger partial charge is 0.310 e. The van der Waals surface area contributed by atoms with Crippen molar-refractivity contribution >= 4 is 5.91 Å². The SMILES string of the molecule is CC(C)N1C(=O)C2(NC1N)c1ccccc1CC21CCc2ccccc2CC1. The molecule has 2 unspecified atom stereocenters. The highest BCUT2D eigenvalue weighted by molar-refractivity contribution is 5.93. The molecule has 0 saturated carbocycles. The fourth-order valence-corrected chi connectivity index (χ4v) is 6.09. The summed E-state index contributed by atoms with van der Waals surface area (Å²) in [5.74, 6) is 0.158. The van der Waals surface area contributed by atoms with Crippen LogP contribution in [0.25, 0.3) is 0 Å². The molecule has 28 heavy (non-hydrogen) atoms. The first-order valence-electron chi connectivity index (χ1n) is 10.5. The number of fused-ring (bicyclic) bond motifs is 4. The number of hydrogen-bond donors (Lipinski definition) is 2. The van der Waals surface area contributed by atoms with Gasteiger partial charge in [-0.3, -0.25) is 15.8 Å². The summed E-state index contributed by atoms with van der Waals surface area (Å²) >= 11 is 0. The maximum Gasteiger partial charge on any atom is 0.250 e. The van der Waals surface area contributed by atoms with E-state index in [1.54, 1.807) is 0 Å². The highest BCUT2D eigenvalue weighted by Crippen LogP contribution is 2.58. The van der Waals surface area contributed by atoms with Gasteiger partial charge in [-0.05, 0) is 68.2 Å². The number of amides is 1. The van der Waals surface area contributed by atoms with Gasteiger partial charge in [-0.25, -0.2) is 0 Å². The van der Waals surface area contributed by atoms with E-state index < -0.39 is 11.8 Å². The van der Waals surface area contributed by atoms with E-state index in [0.29, 0.717) is 0 Å². The van der Waals surface area contributed by atoms with Crippen molar-refractivity contribution in [1.82, 2.24) is 10.2 Å². The monoisotopic (exact) mass is 375 g/mol. The second-order valence-corrected chi connectivity index (χ2v) is 9.03. The molecule has 1 fully saturated rings. The number of hydrogen-bond acceptors (Lipinski definition) is 3. The van der Waals surface area contributed by atoms with Crippen molar-refractivity contribution in [3.05, 3.63) is 70.8 Å². The summed E-state index contributed by atoms with van der Waals surface area (Å²) in [5, 5.41) is 3.64. The van der Waals surface area contributed by atoms with E-state index in [1.165, 1.54) is 16.7 Å². The standard InChI is InChI=1S/C24H29N3O/c1-16(2)27-21(28)24(26-22(27)25)20-10-6-5-9-19(20)15-23(24)13-11-17-7-3-4-8-18(17)12-14-23/h3-10,16,22,26H,11-15,25H2,1-2H3. The Balaban J connectivity index is 1.66. The van der Waals surface area contributed by atoms with Crippen LogP contribution in [0.1, 0.15) is 48.9 Å². The second-order valence-electron chi connectivity index (χ2n) is 9.03. The Labute approximate surface area is 167 Å². The molecule has 0 bridgehead atoms. The van der Waals surface area contributed by atoms with E-state index in [4.69, 9.17) is 5.73 Å². The van der Waals surface area contributed by atoms with Gasteiger partial charge >= 0.3 is 0 Å². The Morgan fingerprint density at radius 2 is 1.57 bits per heavy atom. The van der Waals surface area contributed by atoms with Crippen LogP contribution in [0.5, 0.6) is 0 Å². The van der Waals surface area contributed by atoms with Gasteiger partial charge in [0.2, 0.25) is 0 Å². The summed E-state index contributed by atoms with van der Waals surface area (Å²) in [4.78, 5) is 15.8. The summed E-state index contributed by atoms with van der Waals surface area (Å²) < 4.78 is 0. The van der Waals surface area contributed by atoms with E-state index in [1.807, 2.05) is 4.90 Å². The molecule has 2 aliphatic carbocycles. The van der Waals surface area contributed by atoms with Crippen molar-refractivity contribution in [3.8, 4) is 0 Å². The molecule has 2 atom stereocenters. The number of carbonyl (C=O) groups is 1. The van der Waals surface area contributed by atoms with Crippen LogP contribution < -0.4 is 11.1 Å². The van der Waals surface area contributed by atoms with Crippen molar-refractivity contribution in [2.45, 2.75) is 63.8 Å². The number of carbonyl (C=O) groups excluding carboxylic acids is 1. The second kappa shape index (κ2) is 6.16. The summed E-state index contributed by atoms with van der Waals surface area (Å²) in [6.07, 6.45) is 4.51. The maximum absolute atomic E-state index is 14.0. The minimum Gasteiger partial charge on any atom is -0.310 e. The van der Waals surface area contributed by atoms with Gasteiger partial charge in [0, 0.05) is 11.5 Å². The van der Waals surface area contributed by atoms with Crippen molar-refractivity contribution in [3.63, 3.8) is 0 Å². The van der Waals surface area contributed by atoms with E-state index >= 15 is 0 Å². The molecule has 2 aromatic carbocycles. The lowest BCUT2D eigenvalue weighted by Gasteiger charge is -2.42. The zero-order valence-corrected chi connectivity index (χ0v) is 16.7. The number of nitrogens with two attached hydrogens (primary N) is 1. The third-order valence-electron chi connectivity index (χ3n) is 7.39. The fourth-order valence-electron chi connectivity index (χ4n) is 6.09. The smallest absolute Gasteiger partial charge is 0.250 e. The topological polar surface area (TPSA) is 58.4 Å². The third kappa shape index (κ3) is 2.22. The summed E-state index contributed by atoms with van der Waals surface area (Å²) in [5.41, 5.74) is 10.9. The highest BCUT2D eigenvalue weighted by atomic mass is 16.2. The minimum absolute atomic E-state index is 0.0714. The molecule has 1 amide bonds. The Kier molecular flexibility index (Phi) is 3.94. The zero-order chi connectivity index (χ0) is 19.5. The molecule has 2 aromatic rings. The molecule has 1 aliphatic heterocycles. The molecule has 4 nitrogen and oxygen atoms in total. The van der Waals surface area contributed by atoms with Crippen LogP contribution in [0.15, 0.2) is 48.5 Å². The summed E-state index contributed by atoms with van der Waals surface area (Å²) in [6, 6.07) is 17.3. The van der Waals surface area contributed by atoms with Gasteiger partial charge in [0.25, 0.3) is 5.91 Å². The molecular formula is C24H29N3O. The minimum atomic E-state index is -0.713. The normalized spacial score (nSPS) is 28.1. The van der Waals surface area contributed by atoms with Gasteiger partial charge in [0.05, 0.1) is 0 Å². The van der Waals surface area contributed by atoms with Gasteiger partial charge in [-0.1, -0.05) is 48.5 Å². The van der Waals surface area contributed by atoms with Crippen LogP contribution in [-0.4, -0.2) is 23.1 Å². The Morgan fingerprint density at radius 3 is 2.14 bits per heavy atom. The van der Waals surface area contributed by atoms with E-state index in [0.717, 1.165) is 37.7 Å². The van der Waals surface area contributed by atoms with Gasteiger partial charge in [0.15, 0.2) is 0 Å². The first-order chi connectivity index (χ1) is 13.5. The summed E-state index contributed by atoms with van der Waals surface area (Å²) in [6.45, 7) is 4.10. The van der Waals surface area contributed by atoms with E-state index in [-0.39, 0.29) is 17.4 Å².